The zero-order valence-corrected chi connectivity index (χ0v) is 20.9. The van der Waals surface area contributed by atoms with E-state index in [1.807, 2.05) is 24.3 Å². The quantitative estimate of drug-likeness (QED) is 0.235. The highest BCUT2D eigenvalue weighted by molar-refractivity contribution is 9.10. The van der Waals surface area contributed by atoms with Crippen molar-refractivity contribution in [2.45, 2.75) is 44.4 Å². The van der Waals surface area contributed by atoms with Gasteiger partial charge in [0.05, 0.1) is 0 Å². The smallest absolute Gasteiger partial charge is 0.251 e. The Hall–Kier alpha value is -3.36. The normalized spacial score (nSPS) is 17.4. The van der Waals surface area contributed by atoms with E-state index in [4.69, 9.17) is 26.4 Å². The molecule has 3 aromatic rings. The van der Waals surface area contributed by atoms with Crippen molar-refractivity contribution < 1.29 is 14.3 Å². The lowest BCUT2D eigenvalue weighted by Crippen LogP contribution is -2.40. The van der Waals surface area contributed by atoms with Crippen molar-refractivity contribution in [1.82, 2.24) is 5.32 Å². The SMILES string of the molecule is N=C(N)c1ccc(Oc2cc(OCc3ccc(Br)cc3)cc(C(=O)NC3CCC(N)CC3)c2)cc1. The number of nitrogen functional groups attached to an aromatic ring is 1. The first kappa shape index (κ1) is 24.8. The van der Waals surface area contributed by atoms with E-state index in [0.717, 1.165) is 35.7 Å². The van der Waals surface area contributed by atoms with Gasteiger partial charge in [-0.3, -0.25) is 10.2 Å². The topological polar surface area (TPSA) is 123 Å². The largest absolute Gasteiger partial charge is 0.489 e. The summed E-state index contributed by atoms with van der Waals surface area (Å²) in [7, 11) is 0. The minimum absolute atomic E-state index is 0.0116. The van der Waals surface area contributed by atoms with Gasteiger partial charge in [0.2, 0.25) is 0 Å². The third-order valence-electron chi connectivity index (χ3n) is 5.97. The Morgan fingerprint density at radius 2 is 1.57 bits per heavy atom. The molecule has 8 heteroatoms. The van der Waals surface area contributed by atoms with Gasteiger partial charge in [-0.05, 0) is 79.8 Å². The van der Waals surface area contributed by atoms with Crippen molar-refractivity contribution in [3.05, 3.63) is 87.9 Å². The van der Waals surface area contributed by atoms with Crippen molar-refractivity contribution in [2.75, 3.05) is 0 Å². The Labute approximate surface area is 213 Å². The number of ether oxygens (including phenoxy) is 2. The molecule has 0 atom stereocenters. The molecular formula is C27H29BrN4O3. The molecular weight excluding hydrogens is 508 g/mol. The summed E-state index contributed by atoms with van der Waals surface area (Å²) in [6.07, 6.45) is 3.56. The van der Waals surface area contributed by atoms with Crippen molar-refractivity contribution in [2.24, 2.45) is 11.5 Å². The van der Waals surface area contributed by atoms with Gasteiger partial charge < -0.3 is 26.3 Å². The van der Waals surface area contributed by atoms with Gasteiger partial charge in [-0.25, -0.2) is 0 Å². The van der Waals surface area contributed by atoms with Crippen molar-refractivity contribution >= 4 is 27.7 Å². The first-order valence-electron chi connectivity index (χ1n) is 11.6. The van der Waals surface area contributed by atoms with Crippen LogP contribution >= 0.6 is 15.9 Å². The molecule has 0 spiro atoms. The first-order chi connectivity index (χ1) is 16.9. The minimum Gasteiger partial charge on any atom is -0.489 e. The summed E-state index contributed by atoms with van der Waals surface area (Å²) in [4.78, 5) is 13.1. The lowest BCUT2D eigenvalue weighted by Gasteiger charge is -2.26. The summed E-state index contributed by atoms with van der Waals surface area (Å²) in [6, 6.07) is 20.3. The second-order valence-electron chi connectivity index (χ2n) is 8.73. The predicted molar refractivity (Wildman–Crippen MR) is 140 cm³/mol. The van der Waals surface area contributed by atoms with Crippen LogP contribution in [0.5, 0.6) is 17.2 Å². The van der Waals surface area contributed by atoms with Gasteiger partial charge in [0, 0.05) is 33.7 Å². The Kier molecular flexibility index (Phi) is 8.05. The molecule has 3 aromatic carbocycles. The van der Waals surface area contributed by atoms with Crippen molar-refractivity contribution in [1.29, 1.82) is 5.41 Å². The average Bonchev–Trinajstić information content (AvgIpc) is 2.85. The Bertz CT molecular complexity index is 1170. The molecule has 0 unspecified atom stereocenters. The summed E-state index contributed by atoms with van der Waals surface area (Å²) in [6.45, 7) is 0.353. The van der Waals surface area contributed by atoms with E-state index >= 15 is 0 Å². The van der Waals surface area contributed by atoms with Gasteiger partial charge in [0.25, 0.3) is 5.91 Å². The number of carbonyl (C=O) groups excluding carboxylic acids is 1. The van der Waals surface area contributed by atoms with E-state index in [1.54, 1.807) is 42.5 Å². The number of hydrogen-bond acceptors (Lipinski definition) is 5. The summed E-state index contributed by atoms with van der Waals surface area (Å²) in [5.41, 5.74) is 13.6. The standard InChI is InChI=1S/C27H29BrN4O3/c28-20-5-1-17(2-6-20)16-34-24-13-19(27(33)32-22-9-7-21(29)8-10-22)14-25(15-24)35-23-11-3-18(4-12-23)26(30)31/h1-6,11-15,21-22H,7-10,16,29H2,(H3,30,31)(H,32,33). The number of benzene rings is 3. The average molecular weight is 537 g/mol. The molecule has 1 saturated carbocycles. The summed E-state index contributed by atoms with van der Waals surface area (Å²) in [5, 5.41) is 10.7. The van der Waals surface area contributed by atoms with Gasteiger partial charge in [-0.15, -0.1) is 0 Å². The molecule has 0 radical (unpaired) electrons. The molecule has 182 valence electrons. The van der Waals surface area contributed by atoms with Gasteiger partial charge >= 0.3 is 0 Å². The van der Waals surface area contributed by atoms with Gasteiger partial charge in [0.15, 0.2) is 0 Å². The van der Waals surface area contributed by atoms with Gasteiger partial charge in [-0.2, -0.15) is 0 Å². The zero-order valence-electron chi connectivity index (χ0n) is 19.3. The van der Waals surface area contributed by atoms with E-state index < -0.39 is 0 Å². The second kappa shape index (κ2) is 11.4. The molecule has 1 aliphatic rings. The van der Waals surface area contributed by atoms with E-state index in [9.17, 15) is 4.79 Å². The number of amidine groups is 1. The van der Waals surface area contributed by atoms with E-state index in [-0.39, 0.29) is 23.8 Å². The van der Waals surface area contributed by atoms with E-state index in [0.29, 0.717) is 35.0 Å². The number of rotatable bonds is 8. The van der Waals surface area contributed by atoms with Crippen molar-refractivity contribution in [3.63, 3.8) is 0 Å². The molecule has 1 aliphatic carbocycles. The lowest BCUT2D eigenvalue weighted by atomic mass is 9.91. The molecule has 0 heterocycles. The summed E-state index contributed by atoms with van der Waals surface area (Å²) >= 11 is 3.44. The maximum absolute atomic E-state index is 13.1. The summed E-state index contributed by atoms with van der Waals surface area (Å²) < 4.78 is 13.0. The molecule has 7 nitrogen and oxygen atoms in total. The van der Waals surface area contributed by atoms with Crippen LogP contribution in [0.1, 0.15) is 47.2 Å². The van der Waals surface area contributed by atoms with Crippen LogP contribution < -0.4 is 26.3 Å². The predicted octanol–water partition coefficient (Wildman–Crippen LogP) is 5.10. The second-order valence-corrected chi connectivity index (χ2v) is 9.65. The maximum atomic E-state index is 13.1. The molecule has 6 N–H and O–H groups in total. The third kappa shape index (κ3) is 7.07. The number of amides is 1. The Morgan fingerprint density at radius 3 is 2.23 bits per heavy atom. The van der Waals surface area contributed by atoms with Crippen LogP contribution in [0.15, 0.2) is 71.2 Å². The number of nitrogens with two attached hydrogens (primary N) is 2. The number of carbonyl (C=O) groups is 1. The first-order valence-corrected chi connectivity index (χ1v) is 12.4. The Morgan fingerprint density at radius 1 is 0.914 bits per heavy atom. The fourth-order valence-electron chi connectivity index (χ4n) is 3.96. The van der Waals surface area contributed by atoms with Crippen LogP contribution in [0.2, 0.25) is 0 Å². The van der Waals surface area contributed by atoms with Crippen molar-refractivity contribution in [3.8, 4) is 17.2 Å². The van der Waals surface area contributed by atoms with Gasteiger partial charge in [-0.1, -0.05) is 28.1 Å². The van der Waals surface area contributed by atoms with Gasteiger partial charge in [0.1, 0.15) is 29.7 Å². The van der Waals surface area contributed by atoms with Crippen LogP contribution in [-0.2, 0) is 6.61 Å². The van der Waals surface area contributed by atoms with E-state index in [1.165, 1.54) is 0 Å². The molecule has 1 fully saturated rings. The lowest BCUT2D eigenvalue weighted by molar-refractivity contribution is 0.0925. The monoisotopic (exact) mass is 536 g/mol. The molecule has 0 aliphatic heterocycles. The summed E-state index contributed by atoms with van der Waals surface area (Å²) in [5.74, 6) is 1.39. The van der Waals surface area contributed by atoms with Crippen LogP contribution in [0.4, 0.5) is 0 Å². The van der Waals surface area contributed by atoms with Crippen LogP contribution in [0.25, 0.3) is 0 Å². The molecule has 0 saturated heterocycles. The fourth-order valence-corrected chi connectivity index (χ4v) is 4.23. The molecule has 1 amide bonds. The zero-order chi connectivity index (χ0) is 24.8. The minimum atomic E-state index is -0.170. The fraction of sp³-hybridized carbons (Fsp3) is 0.259. The molecule has 4 rings (SSSR count). The molecule has 0 bridgehead atoms. The van der Waals surface area contributed by atoms with Crippen LogP contribution in [0.3, 0.4) is 0 Å². The highest BCUT2D eigenvalue weighted by atomic mass is 79.9. The van der Waals surface area contributed by atoms with Crippen LogP contribution in [-0.4, -0.2) is 23.8 Å². The highest BCUT2D eigenvalue weighted by Gasteiger charge is 2.21. The highest BCUT2D eigenvalue weighted by Crippen LogP contribution is 2.29. The third-order valence-corrected chi connectivity index (χ3v) is 6.50. The van der Waals surface area contributed by atoms with E-state index in [2.05, 4.69) is 21.2 Å². The maximum Gasteiger partial charge on any atom is 0.251 e. The number of halogens is 1. The molecule has 35 heavy (non-hydrogen) atoms. The number of hydrogen-bond donors (Lipinski definition) is 4. The Balaban J connectivity index is 1.53. The number of nitrogens with one attached hydrogen (secondary N) is 2. The van der Waals surface area contributed by atoms with Crippen LogP contribution in [0, 0.1) is 5.41 Å². The molecule has 0 aromatic heterocycles.